The number of imidazole rings is 1. The molecular weight excluding hydrogens is 221 g/mol. The molecule has 0 radical (unpaired) electrons. The summed E-state index contributed by atoms with van der Waals surface area (Å²) < 4.78 is 0.709. The van der Waals surface area contributed by atoms with E-state index in [9.17, 15) is 4.79 Å². The van der Waals surface area contributed by atoms with Crippen LogP contribution in [-0.2, 0) is 0 Å². The van der Waals surface area contributed by atoms with Gasteiger partial charge in [0.25, 0.3) is 0 Å². The fraction of sp³-hybridized carbons (Fsp3) is 0. The van der Waals surface area contributed by atoms with Crippen molar-refractivity contribution in [3.05, 3.63) is 10.4 Å². The van der Waals surface area contributed by atoms with E-state index in [1.54, 1.807) is 0 Å². The number of anilines is 1. The zero-order valence-electron chi connectivity index (χ0n) is 5.96. The summed E-state index contributed by atoms with van der Waals surface area (Å²) >= 11 is 1.30. The number of aromatic nitrogens is 4. The fourth-order valence-electron chi connectivity index (χ4n) is 0.942. The molecule has 0 bridgehead atoms. The molecule has 0 amide bonds. The average molecular weight is 227 g/mol. The molecule has 0 fully saturated rings. The van der Waals surface area contributed by atoms with E-state index in [0.29, 0.717) is 15.8 Å². The van der Waals surface area contributed by atoms with Gasteiger partial charge >= 0.3 is 74.6 Å². The van der Waals surface area contributed by atoms with Crippen molar-refractivity contribution in [3.63, 3.8) is 0 Å². The molecule has 2 rings (SSSR count). The van der Waals surface area contributed by atoms with Crippen molar-refractivity contribution in [2.24, 2.45) is 0 Å². The summed E-state index contributed by atoms with van der Waals surface area (Å²) in [5, 5.41) is 0. The first-order valence-electron chi connectivity index (χ1n) is 3.18. The van der Waals surface area contributed by atoms with Crippen LogP contribution in [0.4, 0.5) is 5.95 Å². The van der Waals surface area contributed by atoms with Gasteiger partial charge in [0.15, 0.2) is 0 Å². The van der Waals surface area contributed by atoms with Crippen molar-refractivity contribution in [1.82, 2.24) is 19.9 Å². The first-order chi connectivity index (χ1) is 5.66. The van der Waals surface area contributed by atoms with Crippen LogP contribution in [0, 0.1) is 0 Å². The number of hydrogen-bond acceptors (Lipinski definition) is 4. The maximum atomic E-state index is 11.2. The second-order valence-corrected chi connectivity index (χ2v) is 3.42. The summed E-state index contributed by atoms with van der Waals surface area (Å²) in [7, 11) is 0. The van der Waals surface area contributed by atoms with Crippen LogP contribution in [0.25, 0.3) is 11.2 Å². The molecule has 1 unspecified atom stereocenters. The summed E-state index contributed by atoms with van der Waals surface area (Å²) in [6.07, 6.45) is 0. The third kappa shape index (κ3) is 1.00. The number of nitrogens with one attached hydrogen (secondary N) is 2. The first-order valence-corrected chi connectivity index (χ1v) is 4.39. The maximum absolute atomic E-state index is 11.2. The van der Waals surface area contributed by atoms with E-state index in [-0.39, 0.29) is 11.5 Å². The molecule has 2 heterocycles. The van der Waals surface area contributed by atoms with E-state index in [1.165, 1.54) is 16.9 Å². The van der Waals surface area contributed by atoms with Crippen LogP contribution in [0.2, 0.25) is 0 Å². The van der Waals surface area contributed by atoms with Gasteiger partial charge < -0.3 is 0 Å². The first kappa shape index (κ1) is 7.36. The number of H-pyrrole nitrogens is 2. The monoisotopic (exact) mass is 227 g/mol. The molecule has 62 valence electrons. The minimum absolute atomic E-state index is 0.0894. The van der Waals surface area contributed by atoms with Gasteiger partial charge in [0.2, 0.25) is 0 Å². The Morgan fingerprint density at radius 2 is 2.08 bits per heavy atom. The second kappa shape index (κ2) is 2.35. The van der Waals surface area contributed by atoms with Crippen LogP contribution in [0.1, 0.15) is 0 Å². The Bertz CT molecular complexity index is 486. The number of fused-ring (bicyclic) bond motifs is 1. The molecule has 1 atom stereocenters. The number of aromatic amines is 2. The Hall–Kier alpha value is -1.29. The molecule has 6 nitrogen and oxygen atoms in total. The zero-order chi connectivity index (χ0) is 8.72. The van der Waals surface area contributed by atoms with Gasteiger partial charge in [-0.15, -0.1) is 0 Å². The van der Waals surface area contributed by atoms with E-state index in [0.717, 1.165) is 0 Å². The van der Waals surface area contributed by atoms with Crippen molar-refractivity contribution >= 4 is 38.6 Å². The van der Waals surface area contributed by atoms with Crippen LogP contribution >= 0.6 is 0 Å². The SMILES string of the molecule is Nc1nc2nc([AsH2])[nH]c2c(=O)[nH]1. The average Bonchev–Trinajstić information content (AvgIpc) is 2.29. The Labute approximate surface area is 75.1 Å². The summed E-state index contributed by atoms with van der Waals surface area (Å²) in [6, 6.07) is 0. The quantitative estimate of drug-likeness (QED) is 0.432. The minimum atomic E-state index is -0.283. The molecule has 2 aromatic rings. The molecule has 0 aliphatic heterocycles. The van der Waals surface area contributed by atoms with Crippen LogP contribution in [0.3, 0.4) is 0 Å². The molecule has 0 aliphatic carbocycles. The van der Waals surface area contributed by atoms with Gasteiger partial charge in [0.1, 0.15) is 0 Å². The van der Waals surface area contributed by atoms with Crippen LogP contribution < -0.4 is 15.9 Å². The number of nitrogens with zero attached hydrogens (tertiary/aromatic N) is 2. The van der Waals surface area contributed by atoms with E-state index < -0.39 is 0 Å². The standard InChI is InChI=1S/C5H6AsN5O/c6-4-8-1-2(9-4)10-5(7)11-3(1)12/h6H2,(H4,7,8,9,10,11,12). The van der Waals surface area contributed by atoms with E-state index in [4.69, 9.17) is 5.73 Å². The number of hydrogen-bond donors (Lipinski definition) is 3. The van der Waals surface area contributed by atoms with Gasteiger partial charge in [0.05, 0.1) is 0 Å². The van der Waals surface area contributed by atoms with Crippen LogP contribution in [0.5, 0.6) is 0 Å². The molecule has 12 heavy (non-hydrogen) atoms. The van der Waals surface area contributed by atoms with Gasteiger partial charge in [-0.3, -0.25) is 0 Å². The molecule has 0 saturated heterocycles. The molecule has 2 aromatic heterocycles. The Morgan fingerprint density at radius 3 is 2.83 bits per heavy atom. The van der Waals surface area contributed by atoms with Crippen molar-refractivity contribution in [2.45, 2.75) is 0 Å². The molecule has 0 aliphatic rings. The molecule has 4 N–H and O–H groups in total. The molecule has 0 saturated carbocycles. The topological polar surface area (TPSA) is 100 Å². The van der Waals surface area contributed by atoms with E-state index >= 15 is 0 Å². The number of nitrogens with two attached hydrogens (primary N) is 1. The predicted molar refractivity (Wildman–Crippen MR) is 47.1 cm³/mol. The zero-order valence-corrected chi connectivity index (χ0v) is 8.38. The molecular formula is C5H6AsN5O. The van der Waals surface area contributed by atoms with Crippen molar-refractivity contribution < 1.29 is 0 Å². The molecule has 7 heteroatoms. The normalized spacial score (nSPS) is 10.8. The second-order valence-electron chi connectivity index (χ2n) is 2.27. The van der Waals surface area contributed by atoms with Crippen molar-refractivity contribution in [1.29, 1.82) is 0 Å². The summed E-state index contributed by atoms with van der Waals surface area (Å²) in [4.78, 5) is 24.2. The third-order valence-electron chi connectivity index (χ3n) is 1.40. The molecule has 0 spiro atoms. The van der Waals surface area contributed by atoms with Gasteiger partial charge in [-0.2, -0.15) is 0 Å². The van der Waals surface area contributed by atoms with E-state index in [2.05, 4.69) is 19.9 Å². The van der Waals surface area contributed by atoms with Gasteiger partial charge in [-0.25, -0.2) is 0 Å². The molecule has 0 aromatic carbocycles. The number of rotatable bonds is 0. The predicted octanol–water partition coefficient (Wildman–Crippen LogP) is -2.51. The van der Waals surface area contributed by atoms with Crippen molar-refractivity contribution in [3.8, 4) is 0 Å². The summed E-state index contributed by atoms with van der Waals surface area (Å²) in [5.41, 5.74) is 5.78. The number of nitrogen functional groups attached to an aromatic ring is 1. The van der Waals surface area contributed by atoms with Gasteiger partial charge in [-0.1, -0.05) is 0 Å². The van der Waals surface area contributed by atoms with Gasteiger partial charge in [0, 0.05) is 0 Å². The van der Waals surface area contributed by atoms with Crippen molar-refractivity contribution in [2.75, 3.05) is 5.73 Å². The van der Waals surface area contributed by atoms with Gasteiger partial charge in [-0.05, 0) is 0 Å². The van der Waals surface area contributed by atoms with E-state index in [1.807, 2.05) is 0 Å². The summed E-state index contributed by atoms with van der Waals surface area (Å²) in [5.74, 6) is 0.0894. The Balaban J connectivity index is 2.98. The fourth-order valence-corrected chi connectivity index (χ4v) is 1.50. The Kier molecular flexibility index (Phi) is 1.44. The summed E-state index contributed by atoms with van der Waals surface area (Å²) in [6.45, 7) is 0. The van der Waals surface area contributed by atoms with Crippen LogP contribution in [-0.4, -0.2) is 36.8 Å². The van der Waals surface area contributed by atoms with Crippen LogP contribution in [0.15, 0.2) is 4.79 Å². The third-order valence-corrected chi connectivity index (χ3v) is 1.97. The Morgan fingerprint density at radius 1 is 1.33 bits per heavy atom.